The molecule has 0 saturated carbocycles. The van der Waals surface area contributed by atoms with Gasteiger partial charge >= 0.3 is 0 Å². The number of hydrogen-bond donors (Lipinski definition) is 0. The van der Waals surface area contributed by atoms with E-state index >= 15 is 0 Å². The molecule has 0 aliphatic carbocycles. The van der Waals surface area contributed by atoms with Crippen LogP contribution in [0.5, 0.6) is 0 Å². The van der Waals surface area contributed by atoms with E-state index in [1.807, 2.05) is 35.0 Å². The van der Waals surface area contributed by atoms with Gasteiger partial charge in [-0.05, 0) is 18.9 Å². The van der Waals surface area contributed by atoms with E-state index in [1.165, 1.54) is 18.2 Å². The van der Waals surface area contributed by atoms with Gasteiger partial charge in [0.1, 0.15) is 5.82 Å². The second-order valence-electron chi connectivity index (χ2n) is 6.73. The smallest absolute Gasteiger partial charge is 0.191 e. The summed E-state index contributed by atoms with van der Waals surface area (Å²) in [5.74, 6) is 1.46. The van der Waals surface area contributed by atoms with Gasteiger partial charge < -0.3 is 9.13 Å². The van der Waals surface area contributed by atoms with E-state index in [0.717, 1.165) is 47.7 Å². The van der Waals surface area contributed by atoms with Crippen LogP contribution in [0.3, 0.4) is 0 Å². The second kappa shape index (κ2) is 7.97. The van der Waals surface area contributed by atoms with E-state index in [4.69, 9.17) is 5.26 Å². The molecular formula is C20H21N5OS. The Morgan fingerprint density at radius 2 is 2.11 bits per heavy atom. The van der Waals surface area contributed by atoms with Crippen LogP contribution in [0.15, 0.2) is 35.6 Å². The molecule has 27 heavy (non-hydrogen) atoms. The largest absolute Gasteiger partial charge is 0.346 e. The number of rotatable bonds is 6. The molecule has 0 radical (unpaired) electrons. The molecule has 7 heteroatoms. The van der Waals surface area contributed by atoms with E-state index in [0.29, 0.717) is 24.3 Å². The van der Waals surface area contributed by atoms with Crippen molar-refractivity contribution in [2.75, 3.05) is 5.75 Å². The van der Waals surface area contributed by atoms with E-state index in [1.54, 1.807) is 0 Å². The molecule has 0 unspecified atom stereocenters. The molecule has 1 aliphatic rings. The first-order valence-electron chi connectivity index (χ1n) is 9.31. The zero-order valence-electron chi connectivity index (χ0n) is 15.1. The minimum Gasteiger partial charge on any atom is -0.346 e. The minimum absolute atomic E-state index is 0.0814. The van der Waals surface area contributed by atoms with Gasteiger partial charge in [0.15, 0.2) is 10.9 Å². The van der Waals surface area contributed by atoms with Gasteiger partial charge in [-0.25, -0.2) is 0 Å². The van der Waals surface area contributed by atoms with Crippen LogP contribution >= 0.6 is 11.8 Å². The number of aromatic nitrogens is 4. The number of nitriles is 1. The molecule has 138 valence electrons. The molecule has 1 aromatic carbocycles. The molecule has 0 N–H and O–H groups in total. The summed E-state index contributed by atoms with van der Waals surface area (Å²) >= 11 is 1.47. The minimum atomic E-state index is 0.0814. The summed E-state index contributed by atoms with van der Waals surface area (Å²) in [5, 5.41) is 19.3. The number of Topliss-reactive ketones (excluding diaryl/α,β-unsaturated/α-hetero) is 1. The Morgan fingerprint density at radius 1 is 1.22 bits per heavy atom. The SMILES string of the molecule is N#CCCn1cc(C(=O)CSc2nnc3n2CCCCC3)c2ccccc21. The molecule has 3 aromatic rings. The lowest BCUT2D eigenvalue weighted by atomic mass is 10.1. The summed E-state index contributed by atoms with van der Waals surface area (Å²) in [6.07, 6.45) is 6.79. The number of benzene rings is 1. The van der Waals surface area contributed by atoms with Crippen molar-refractivity contribution < 1.29 is 4.79 Å². The number of hydrogen-bond acceptors (Lipinski definition) is 5. The van der Waals surface area contributed by atoms with Crippen LogP contribution in [0.25, 0.3) is 10.9 Å². The molecule has 0 saturated heterocycles. The predicted molar refractivity (Wildman–Crippen MR) is 105 cm³/mol. The Balaban J connectivity index is 1.54. The molecule has 2 aromatic heterocycles. The molecule has 0 atom stereocenters. The van der Waals surface area contributed by atoms with Gasteiger partial charge in [0.2, 0.25) is 0 Å². The third kappa shape index (κ3) is 3.62. The van der Waals surface area contributed by atoms with Crippen molar-refractivity contribution >= 4 is 28.4 Å². The fraction of sp³-hybridized carbons (Fsp3) is 0.400. The summed E-state index contributed by atoms with van der Waals surface area (Å²) < 4.78 is 4.17. The van der Waals surface area contributed by atoms with Gasteiger partial charge in [-0.15, -0.1) is 10.2 Å². The number of carbonyl (C=O) groups is 1. The Bertz CT molecular complexity index is 1010. The summed E-state index contributed by atoms with van der Waals surface area (Å²) in [6, 6.07) is 10.0. The number of carbonyl (C=O) groups excluding carboxylic acids is 1. The summed E-state index contributed by atoms with van der Waals surface area (Å²) in [7, 11) is 0. The zero-order valence-corrected chi connectivity index (χ0v) is 15.9. The molecular weight excluding hydrogens is 358 g/mol. The number of ketones is 1. The van der Waals surface area contributed by atoms with Crippen LogP contribution in [0.1, 0.15) is 41.9 Å². The summed E-state index contributed by atoms with van der Waals surface area (Å²) in [4.78, 5) is 12.9. The summed E-state index contributed by atoms with van der Waals surface area (Å²) in [6.45, 7) is 1.53. The number of fused-ring (bicyclic) bond motifs is 2. The molecule has 6 nitrogen and oxygen atoms in total. The molecule has 4 rings (SSSR count). The van der Waals surface area contributed by atoms with Crippen molar-refractivity contribution in [3.05, 3.63) is 41.9 Å². The molecule has 0 spiro atoms. The highest BCUT2D eigenvalue weighted by Crippen LogP contribution is 2.26. The van der Waals surface area contributed by atoms with Gasteiger partial charge in [-0.3, -0.25) is 4.79 Å². The fourth-order valence-electron chi connectivity index (χ4n) is 3.60. The Morgan fingerprint density at radius 3 is 3.00 bits per heavy atom. The van der Waals surface area contributed by atoms with Gasteiger partial charge in [0.25, 0.3) is 0 Å². The molecule has 3 heterocycles. The van der Waals surface area contributed by atoms with Crippen LogP contribution in [-0.4, -0.2) is 30.9 Å². The topological polar surface area (TPSA) is 76.5 Å². The number of aryl methyl sites for hydroxylation is 2. The third-order valence-electron chi connectivity index (χ3n) is 4.96. The lowest BCUT2D eigenvalue weighted by Crippen LogP contribution is -2.06. The number of para-hydroxylation sites is 1. The highest BCUT2D eigenvalue weighted by Gasteiger charge is 2.19. The van der Waals surface area contributed by atoms with Crippen LogP contribution < -0.4 is 0 Å². The van der Waals surface area contributed by atoms with Gasteiger partial charge in [-0.1, -0.05) is 36.4 Å². The summed E-state index contributed by atoms with van der Waals surface area (Å²) in [5.41, 5.74) is 1.71. The molecule has 1 aliphatic heterocycles. The highest BCUT2D eigenvalue weighted by molar-refractivity contribution is 7.99. The van der Waals surface area contributed by atoms with E-state index in [2.05, 4.69) is 20.8 Å². The maximum Gasteiger partial charge on any atom is 0.191 e. The first-order chi connectivity index (χ1) is 13.3. The lowest BCUT2D eigenvalue weighted by Gasteiger charge is -2.05. The number of nitrogens with zero attached hydrogens (tertiary/aromatic N) is 5. The van der Waals surface area contributed by atoms with Crippen molar-refractivity contribution in [1.82, 2.24) is 19.3 Å². The standard InChI is InChI=1S/C20H21N5OS/c21-10-6-11-24-13-16(15-7-3-4-8-17(15)24)18(26)14-27-20-23-22-19-9-2-1-5-12-25(19)20/h3-4,7-8,13H,1-2,5-6,9,11-12,14H2. The Hall–Kier alpha value is -2.59. The Kier molecular flexibility index (Phi) is 5.26. The first-order valence-corrected chi connectivity index (χ1v) is 10.3. The van der Waals surface area contributed by atoms with Gasteiger partial charge in [-0.2, -0.15) is 5.26 Å². The quantitative estimate of drug-likeness (QED) is 0.480. The van der Waals surface area contributed by atoms with Crippen LogP contribution in [-0.2, 0) is 19.5 Å². The van der Waals surface area contributed by atoms with Gasteiger partial charge in [0, 0.05) is 42.2 Å². The van der Waals surface area contributed by atoms with Crippen molar-refractivity contribution in [3.63, 3.8) is 0 Å². The van der Waals surface area contributed by atoms with Crippen molar-refractivity contribution in [3.8, 4) is 6.07 Å². The first kappa shape index (κ1) is 17.8. The predicted octanol–water partition coefficient (Wildman–Crippen LogP) is 3.85. The third-order valence-corrected chi connectivity index (χ3v) is 5.93. The second-order valence-corrected chi connectivity index (χ2v) is 7.68. The van der Waals surface area contributed by atoms with Crippen molar-refractivity contribution in [2.45, 2.75) is 50.4 Å². The molecule has 0 amide bonds. The van der Waals surface area contributed by atoms with Crippen molar-refractivity contribution in [2.24, 2.45) is 0 Å². The number of thioether (sulfide) groups is 1. The fourth-order valence-corrected chi connectivity index (χ4v) is 4.46. The average Bonchev–Trinajstić information content (AvgIpc) is 3.17. The Labute approximate surface area is 162 Å². The maximum absolute atomic E-state index is 12.9. The lowest BCUT2D eigenvalue weighted by molar-refractivity contribution is 0.102. The maximum atomic E-state index is 12.9. The van der Waals surface area contributed by atoms with Crippen molar-refractivity contribution in [1.29, 1.82) is 5.26 Å². The zero-order chi connectivity index (χ0) is 18.6. The highest BCUT2D eigenvalue weighted by atomic mass is 32.2. The van der Waals surface area contributed by atoms with E-state index in [-0.39, 0.29) is 5.78 Å². The molecule has 0 bridgehead atoms. The normalized spacial score (nSPS) is 13.9. The van der Waals surface area contributed by atoms with Crippen LogP contribution in [0.2, 0.25) is 0 Å². The van der Waals surface area contributed by atoms with Crippen LogP contribution in [0, 0.1) is 11.3 Å². The van der Waals surface area contributed by atoms with Crippen LogP contribution in [0.4, 0.5) is 0 Å². The van der Waals surface area contributed by atoms with Gasteiger partial charge in [0.05, 0.1) is 18.2 Å². The van der Waals surface area contributed by atoms with E-state index in [9.17, 15) is 4.79 Å². The molecule has 0 fully saturated rings. The van der Waals surface area contributed by atoms with E-state index < -0.39 is 0 Å². The monoisotopic (exact) mass is 379 g/mol. The average molecular weight is 379 g/mol.